The third kappa shape index (κ3) is 6.35. The molecule has 2 saturated heterocycles. The average molecular weight is 537 g/mol. The highest BCUT2D eigenvalue weighted by Crippen LogP contribution is 2.37. The van der Waals surface area contributed by atoms with Crippen LogP contribution in [0.5, 0.6) is 11.5 Å². The molecule has 4 aromatic rings. The number of likely N-dealkylation sites (tertiary alicyclic amines) is 2. The third-order valence-corrected chi connectivity index (χ3v) is 8.66. The van der Waals surface area contributed by atoms with Crippen molar-refractivity contribution in [3.8, 4) is 11.5 Å². The Hall–Kier alpha value is -2.57. The van der Waals surface area contributed by atoms with Crippen molar-refractivity contribution in [2.24, 2.45) is 0 Å². The molecule has 2 aromatic heterocycles. The second-order valence-corrected chi connectivity index (χ2v) is 12.2. The van der Waals surface area contributed by atoms with Gasteiger partial charge in [-0.25, -0.2) is 0 Å². The molecule has 0 saturated carbocycles. The molecule has 0 radical (unpaired) electrons. The summed E-state index contributed by atoms with van der Waals surface area (Å²) in [6, 6.07) is 12.6. The van der Waals surface area contributed by atoms with E-state index in [1.54, 1.807) is 0 Å². The minimum atomic E-state index is -1.42. The summed E-state index contributed by atoms with van der Waals surface area (Å²) >= 11 is 0. The van der Waals surface area contributed by atoms with E-state index in [-0.39, 0.29) is 12.7 Å². The molecular weight excluding hydrogens is 495 g/mol. The molecule has 0 aliphatic carbocycles. The topological polar surface area (TPSA) is 76.7 Å². The lowest BCUT2D eigenvalue weighted by molar-refractivity contribution is 0.309. The first-order chi connectivity index (χ1) is 18.5. The lowest BCUT2D eigenvalue weighted by atomic mass is 10.0. The summed E-state index contributed by atoms with van der Waals surface area (Å²) in [6.07, 6.45) is 10.9. The van der Waals surface area contributed by atoms with E-state index in [0.29, 0.717) is 6.04 Å². The molecule has 2 atom stereocenters. The number of hydrogen-bond acceptors (Lipinski definition) is 5. The molecular formula is C30H41N4O3P. The smallest absolute Gasteiger partial charge is 0.135 e. The van der Waals surface area contributed by atoms with Crippen molar-refractivity contribution in [3.63, 3.8) is 0 Å². The predicted molar refractivity (Wildman–Crippen MR) is 158 cm³/mol. The van der Waals surface area contributed by atoms with Gasteiger partial charge < -0.3 is 34.1 Å². The molecule has 38 heavy (non-hydrogen) atoms. The lowest BCUT2D eigenvalue weighted by Gasteiger charge is -2.19. The van der Waals surface area contributed by atoms with E-state index in [9.17, 15) is 4.89 Å². The highest BCUT2D eigenvalue weighted by Gasteiger charge is 2.23. The first kappa shape index (κ1) is 27.0. The second-order valence-electron chi connectivity index (χ2n) is 10.7. The number of aromatic nitrogens is 2. The van der Waals surface area contributed by atoms with Crippen LogP contribution in [-0.4, -0.2) is 77.1 Å². The monoisotopic (exact) mass is 536 g/mol. The van der Waals surface area contributed by atoms with E-state index >= 15 is 0 Å². The molecule has 0 amide bonds. The maximum Gasteiger partial charge on any atom is 0.135 e. The van der Waals surface area contributed by atoms with Crippen molar-refractivity contribution in [1.82, 2.24) is 19.8 Å². The summed E-state index contributed by atoms with van der Waals surface area (Å²) in [4.78, 5) is 22.0. The molecule has 4 heterocycles. The molecule has 3 N–H and O–H groups in total. The maximum absolute atomic E-state index is 10.6. The number of aryl methyl sites for hydroxylation is 1. The van der Waals surface area contributed by atoms with Gasteiger partial charge in [-0.3, -0.25) is 0 Å². The molecule has 2 aliphatic heterocycles. The first-order valence-electron chi connectivity index (χ1n) is 13.7. The fraction of sp³-hybridized carbons (Fsp3) is 0.467. The Morgan fingerprint density at radius 1 is 0.868 bits per heavy atom. The van der Waals surface area contributed by atoms with Gasteiger partial charge in [0.15, 0.2) is 0 Å². The van der Waals surface area contributed by atoms with Gasteiger partial charge in [-0.15, -0.1) is 0 Å². The number of nitrogens with zero attached hydrogens (tertiary/aromatic N) is 2. The zero-order chi connectivity index (χ0) is 26.5. The average Bonchev–Trinajstić information content (AvgIpc) is 3.73. The Morgan fingerprint density at radius 3 is 2.11 bits per heavy atom. The Labute approximate surface area is 227 Å². The van der Waals surface area contributed by atoms with Gasteiger partial charge in [-0.2, -0.15) is 0 Å². The quantitative estimate of drug-likeness (QED) is 0.238. The summed E-state index contributed by atoms with van der Waals surface area (Å²) in [5.41, 5.74) is 4.53. The number of aromatic amines is 2. The van der Waals surface area contributed by atoms with Crippen LogP contribution >= 0.6 is 8.15 Å². The minimum Gasteiger partial charge on any atom is -0.486 e. The van der Waals surface area contributed by atoms with E-state index in [0.717, 1.165) is 45.3 Å². The Bertz CT molecular complexity index is 1330. The van der Waals surface area contributed by atoms with Crippen LogP contribution in [0, 0.1) is 6.92 Å². The summed E-state index contributed by atoms with van der Waals surface area (Å²) in [7, 11) is 2.96. The number of benzene rings is 2. The molecule has 2 unspecified atom stereocenters. The van der Waals surface area contributed by atoms with Crippen molar-refractivity contribution in [2.45, 2.75) is 45.1 Å². The van der Waals surface area contributed by atoms with Gasteiger partial charge in [0.2, 0.25) is 0 Å². The fourth-order valence-electron chi connectivity index (χ4n) is 5.63. The lowest BCUT2D eigenvalue weighted by Crippen LogP contribution is -2.26. The van der Waals surface area contributed by atoms with Gasteiger partial charge in [-0.1, -0.05) is 12.1 Å². The van der Waals surface area contributed by atoms with E-state index < -0.39 is 8.15 Å². The molecule has 2 aromatic carbocycles. The van der Waals surface area contributed by atoms with E-state index in [1.807, 2.05) is 36.5 Å². The number of rotatable bonds is 8. The van der Waals surface area contributed by atoms with Crippen molar-refractivity contribution >= 4 is 30.0 Å². The fourth-order valence-corrected chi connectivity index (χ4v) is 6.28. The number of fused-ring (bicyclic) bond motifs is 2. The molecule has 2 fully saturated rings. The third-order valence-electron chi connectivity index (χ3n) is 7.81. The summed E-state index contributed by atoms with van der Waals surface area (Å²) in [5, 5.41) is 2.19. The Kier molecular flexibility index (Phi) is 8.90. The van der Waals surface area contributed by atoms with Gasteiger partial charge in [0.1, 0.15) is 32.3 Å². The highest BCUT2D eigenvalue weighted by molar-refractivity contribution is 7.51. The zero-order valence-corrected chi connectivity index (χ0v) is 23.8. The molecule has 6 rings (SSSR count). The van der Waals surface area contributed by atoms with E-state index in [2.05, 4.69) is 53.1 Å². The number of nitrogens with one attached hydrogen (secondary N) is 2. The van der Waals surface area contributed by atoms with Crippen LogP contribution in [0.4, 0.5) is 0 Å². The van der Waals surface area contributed by atoms with Crippen molar-refractivity contribution in [2.75, 3.05) is 46.4 Å². The molecule has 7 nitrogen and oxygen atoms in total. The zero-order valence-electron chi connectivity index (χ0n) is 22.9. The van der Waals surface area contributed by atoms with Crippen LogP contribution in [0.1, 0.15) is 36.8 Å². The second kappa shape index (κ2) is 12.5. The summed E-state index contributed by atoms with van der Waals surface area (Å²) < 4.78 is 12.1. The van der Waals surface area contributed by atoms with Crippen LogP contribution in [0.15, 0.2) is 48.8 Å². The Balaban J connectivity index is 0.000000433. The van der Waals surface area contributed by atoms with Crippen LogP contribution in [0.25, 0.3) is 21.8 Å². The standard InChI is InChI=1S/C25H30N3O3P.C5H11N/c1-17-13-26-20-7-3-9-22(24(17)20)30-15-32(29)16-31-23-10-4-8-21-25(23)18(14-27-21)12-19-6-5-11-28(19)2;1-6-4-2-3-5-6/h3-4,7-10,13-14,19,26-27,29H,5-6,11-12,15-16H2,1-2H3;2-5H2,1H3. The van der Waals surface area contributed by atoms with Crippen LogP contribution < -0.4 is 9.47 Å². The van der Waals surface area contributed by atoms with Gasteiger partial charge in [0.25, 0.3) is 0 Å². The largest absolute Gasteiger partial charge is 0.486 e. The van der Waals surface area contributed by atoms with Gasteiger partial charge >= 0.3 is 0 Å². The minimum absolute atomic E-state index is 0.238. The predicted octanol–water partition coefficient (Wildman–Crippen LogP) is 6.07. The van der Waals surface area contributed by atoms with Gasteiger partial charge in [0.05, 0.1) is 0 Å². The molecule has 0 bridgehead atoms. The van der Waals surface area contributed by atoms with E-state index in [4.69, 9.17) is 9.47 Å². The van der Waals surface area contributed by atoms with Crippen molar-refractivity contribution in [1.29, 1.82) is 0 Å². The molecule has 0 spiro atoms. The first-order valence-corrected chi connectivity index (χ1v) is 15.4. The normalized spacial score (nSPS) is 19.1. The molecule has 8 heteroatoms. The number of likely N-dealkylation sites (N-methyl/N-ethyl adjacent to an activating group) is 1. The SMILES string of the molecule is CN1CCCC1.Cc1c[nH]c2cccc(OCP(O)COc3cccc4[nH]cc(CC5CCCN5C)c34)c12. The van der Waals surface area contributed by atoms with Gasteiger partial charge in [0, 0.05) is 40.2 Å². The number of ether oxygens (including phenoxy) is 2. The maximum atomic E-state index is 10.6. The highest BCUT2D eigenvalue weighted by atomic mass is 31.1. The number of hydrogen-bond donors (Lipinski definition) is 3. The molecule has 204 valence electrons. The van der Waals surface area contributed by atoms with Crippen LogP contribution in [-0.2, 0) is 6.42 Å². The van der Waals surface area contributed by atoms with E-state index in [1.165, 1.54) is 50.9 Å². The van der Waals surface area contributed by atoms with Gasteiger partial charge in [-0.05, 0) is 108 Å². The van der Waals surface area contributed by atoms with Crippen molar-refractivity contribution < 1.29 is 14.4 Å². The summed E-state index contributed by atoms with van der Waals surface area (Å²) in [5.74, 6) is 1.61. The summed E-state index contributed by atoms with van der Waals surface area (Å²) in [6.45, 7) is 5.86. The Morgan fingerprint density at radius 2 is 1.50 bits per heavy atom. The molecule has 2 aliphatic rings. The van der Waals surface area contributed by atoms with Crippen LogP contribution in [0.2, 0.25) is 0 Å². The number of H-pyrrole nitrogens is 2. The van der Waals surface area contributed by atoms with Crippen molar-refractivity contribution in [3.05, 3.63) is 59.9 Å². The van der Waals surface area contributed by atoms with Crippen LogP contribution in [0.3, 0.4) is 0 Å².